The number of carbonyl (C=O) groups excluding carboxylic acids is 4. The summed E-state index contributed by atoms with van der Waals surface area (Å²) in [5, 5.41) is 1.06. The van der Waals surface area contributed by atoms with E-state index in [1.807, 2.05) is 0 Å². The molecule has 1 aliphatic rings. The molecule has 1 fully saturated rings. The van der Waals surface area contributed by atoms with E-state index < -0.39 is 30.3 Å². The van der Waals surface area contributed by atoms with Crippen molar-refractivity contribution < 1.29 is 38.1 Å². The van der Waals surface area contributed by atoms with Gasteiger partial charge in [0.1, 0.15) is 17.2 Å². The van der Waals surface area contributed by atoms with Crippen molar-refractivity contribution in [3.05, 3.63) is 53.6 Å². The fourth-order valence-corrected chi connectivity index (χ4v) is 3.21. The van der Waals surface area contributed by atoms with Crippen LogP contribution in [0.5, 0.6) is 17.2 Å². The topological polar surface area (TPSA) is 120 Å². The van der Waals surface area contributed by atoms with E-state index in [2.05, 4.69) is 5.43 Å². The summed E-state index contributed by atoms with van der Waals surface area (Å²) in [5.74, 6) is -1.46. The van der Waals surface area contributed by atoms with Crippen LogP contribution in [0.2, 0.25) is 0 Å². The lowest BCUT2D eigenvalue weighted by Gasteiger charge is -2.18. The number of esters is 1. The molecule has 1 heterocycles. The molecule has 2 amide bonds. The lowest BCUT2D eigenvalue weighted by molar-refractivity contribution is -0.147. The van der Waals surface area contributed by atoms with Gasteiger partial charge in [0.15, 0.2) is 12.4 Å². The van der Waals surface area contributed by atoms with Gasteiger partial charge in [-0.1, -0.05) is 0 Å². The fourth-order valence-electron chi connectivity index (χ4n) is 3.21. The molecule has 10 nitrogen and oxygen atoms in total. The number of ketones is 1. The van der Waals surface area contributed by atoms with Gasteiger partial charge >= 0.3 is 5.97 Å². The zero-order valence-corrected chi connectivity index (χ0v) is 18.5. The number of hydrogen-bond acceptors (Lipinski definition) is 8. The number of hydrazine groups is 1. The molecule has 0 bridgehead atoms. The minimum absolute atomic E-state index is 0.0682. The van der Waals surface area contributed by atoms with Crippen LogP contribution in [0.4, 0.5) is 0 Å². The zero-order valence-electron chi connectivity index (χ0n) is 18.5. The first-order valence-corrected chi connectivity index (χ1v) is 10.0. The number of rotatable bonds is 9. The highest BCUT2D eigenvalue weighted by Crippen LogP contribution is 2.23. The average Bonchev–Trinajstić information content (AvgIpc) is 3.21. The molecule has 1 saturated heterocycles. The van der Waals surface area contributed by atoms with Crippen molar-refractivity contribution in [3.63, 3.8) is 0 Å². The maximum atomic E-state index is 12.6. The van der Waals surface area contributed by atoms with E-state index in [-0.39, 0.29) is 24.3 Å². The summed E-state index contributed by atoms with van der Waals surface area (Å²) in [7, 11) is 4.42. The van der Waals surface area contributed by atoms with Crippen LogP contribution in [0.25, 0.3) is 0 Å². The molecule has 33 heavy (non-hydrogen) atoms. The third kappa shape index (κ3) is 5.79. The Hall–Kier alpha value is -4.08. The number of benzene rings is 2. The predicted octanol–water partition coefficient (Wildman–Crippen LogP) is 1.63. The second-order valence-corrected chi connectivity index (χ2v) is 7.21. The van der Waals surface area contributed by atoms with Gasteiger partial charge in [-0.2, -0.15) is 0 Å². The minimum atomic E-state index is -0.804. The fraction of sp³-hybridized carbons (Fsp3) is 0.304. The number of amides is 2. The van der Waals surface area contributed by atoms with E-state index in [1.165, 1.54) is 33.5 Å². The molecule has 0 aromatic heterocycles. The molecule has 0 aliphatic carbocycles. The molecule has 2 aromatic rings. The molecule has 3 rings (SSSR count). The standard InChI is InChI=1S/C23H24N2O8/c1-30-17-6-4-14(5-7-17)20(26)13-33-23(29)16-10-21(27)25(12-16)24-22(28)15-8-18(31-2)11-19(9-15)32-3/h4-9,11,16H,10,12-13H2,1-3H3,(H,24,28). The van der Waals surface area contributed by atoms with Gasteiger partial charge < -0.3 is 18.9 Å². The van der Waals surface area contributed by atoms with E-state index in [0.29, 0.717) is 22.8 Å². The van der Waals surface area contributed by atoms with E-state index >= 15 is 0 Å². The highest BCUT2D eigenvalue weighted by Gasteiger charge is 2.37. The van der Waals surface area contributed by atoms with Crippen molar-refractivity contribution in [3.8, 4) is 17.2 Å². The van der Waals surface area contributed by atoms with Gasteiger partial charge in [0.2, 0.25) is 5.91 Å². The van der Waals surface area contributed by atoms with Crippen molar-refractivity contribution in [1.82, 2.24) is 10.4 Å². The Morgan fingerprint density at radius 3 is 2.09 bits per heavy atom. The first kappa shape index (κ1) is 23.6. The number of nitrogens with zero attached hydrogens (tertiary/aromatic N) is 1. The van der Waals surface area contributed by atoms with Gasteiger partial charge in [-0.05, 0) is 36.4 Å². The summed E-state index contributed by atoms with van der Waals surface area (Å²) in [6.07, 6.45) is -0.142. The summed E-state index contributed by atoms with van der Waals surface area (Å²) >= 11 is 0. The summed E-state index contributed by atoms with van der Waals surface area (Å²) in [5.41, 5.74) is 3.07. The summed E-state index contributed by atoms with van der Waals surface area (Å²) < 4.78 is 20.4. The molecule has 10 heteroatoms. The Kier molecular flexibility index (Phi) is 7.50. The van der Waals surface area contributed by atoms with Gasteiger partial charge in [-0.15, -0.1) is 0 Å². The van der Waals surface area contributed by atoms with E-state index in [4.69, 9.17) is 18.9 Å². The van der Waals surface area contributed by atoms with Crippen molar-refractivity contribution in [2.75, 3.05) is 34.5 Å². The molecule has 0 saturated carbocycles. The van der Waals surface area contributed by atoms with Gasteiger partial charge in [0.05, 0.1) is 33.8 Å². The normalized spacial score (nSPS) is 15.1. The number of Topliss-reactive ketones (excluding diaryl/α,β-unsaturated/α-hetero) is 1. The molecule has 1 N–H and O–H groups in total. The number of methoxy groups -OCH3 is 3. The number of ether oxygens (including phenoxy) is 4. The predicted molar refractivity (Wildman–Crippen MR) is 115 cm³/mol. The largest absolute Gasteiger partial charge is 0.497 e. The van der Waals surface area contributed by atoms with E-state index in [1.54, 1.807) is 30.3 Å². The second-order valence-electron chi connectivity index (χ2n) is 7.21. The van der Waals surface area contributed by atoms with Gasteiger partial charge in [0.25, 0.3) is 5.91 Å². The Morgan fingerprint density at radius 1 is 0.909 bits per heavy atom. The maximum Gasteiger partial charge on any atom is 0.311 e. The van der Waals surface area contributed by atoms with Crippen LogP contribution in [-0.4, -0.2) is 63.1 Å². The highest BCUT2D eigenvalue weighted by atomic mass is 16.5. The highest BCUT2D eigenvalue weighted by molar-refractivity contribution is 5.99. The number of hydrogen-bond donors (Lipinski definition) is 1. The first-order chi connectivity index (χ1) is 15.8. The summed E-state index contributed by atoms with van der Waals surface area (Å²) in [6.45, 7) is -0.521. The van der Waals surface area contributed by atoms with Crippen molar-refractivity contribution in [2.45, 2.75) is 6.42 Å². The van der Waals surface area contributed by atoms with Crippen molar-refractivity contribution >= 4 is 23.6 Å². The van der Waals surface area contributed by atoms with E-state index in [9.17, 15) is 19.2 Å². The second kappa shape index (κ2) is 10.5. The van der Waals surface area contributed by atoms with Crippen LogP contribution in [0.1, 0.15) is 27.1 Å². The zero-order chi connectivity index (χ0) is 24.0. The Balaban J connectivity index is 1.55. The van der Waals surface area contributed by atoms with Crippen molar-refractivity contribution in [2.24, 2.45) is 5.92 Å². The third-order valence-corrected chi connectivity index (χ3v) is 5.07. The quantitative estimate of drug-likeness (QED) is 0.447. The van der Waals surface area contributed by atoms with Crippen LogP contribution in [-0.2, 0) is 14.3 Å². The molecule has 0 radical (unpaired) electrons. The van der Waals surface area contributed by atoms with Crippen LogP contribution in [0.15, 0.2) is 42.5 Å². The van der Waals surface area contributed by atoms with Crippen molar-refractivity contribution in [1.29, 1.82) is 0 Å². The Bertz CT molecular complexity index is 1030. The summed E-state index contributed by atoms with van der Waals surface area (Å²) in [6, 6.07) is 11.0. The smallest absolute Gasteiger partial charge is 0.311 e. The summed E-state index contributed by atoms with van der Waals surface area (Å²) in [4.78, 5) is 49.5. The Labute approximate surface area is 190 Å². The molecule has 0 spiro atoms. The lowest BCUT2D eigenvalue weighted by atomic mass is 10.1. The molecule has 2 aromatic carbocycles. The molecule has 1 atom stereocenters. The van der Waals surface area contributed by atoms with Crippen LogP contribution in [0.3, 0.4) is 0 Å². The molecular weight excluding hydrogens is 432 g/mol. The number of nitrogens with one attached hydrogen (secondary N) is 1. The Morgan fingerprint density at radius 2 is 1.52 bits per heavy atom. The SMILES string of the molecule is COc1ccc(C(=O)COC(=O)C2CC(=O)N(NC(=O)c3cc(OC)cc(OC)c3)C2)cc1. The first-order valence-electron chi connectivity index (χ1n) is 10.0. The van der Waals surface area contributed by atoms with Crippen LogP contribution >= 0.6 is 0 Å². The monoisotopic (exact) mass is 456 g/mol. The minimum Gasteiger partial charge on any atom is -0.497 e. The molecule has 174 valence electrons. The van der Waals surface area contributed by atoms with Crippen LogP contribution < -0.4 is 19.6 Å². The average molecular weight is 456 g/mol. The molecule has 1 aliphatic heterocycles. The van der Waals surface area contributed by atoms with Gasteiger partial charge in [-0.25, -0.2) is 0 Å². The maximum absolute atomic E-state index is 12.6. The number of carbonyl (C=O) groups is 4. The van der Waals surface area contributed by atoms with Gasteiger partial charge in [0, 0.05) is 23.6 Å². The molecular formula is C23H24N2O8. The third-order valence-electron chi connectivity index (χ3n) is 5.07. The molecule has 1 unspecified atom stereocenters. The van der Waals surface area contributed by atoms with E-state index in [0.717, 1.165) is 5.01 Å². The van der Waals surface area contributed by atoms with Gasteiger partial charge in [-0.3, -0.25) is 29.6 Å². The lowest BCUT2D eigenvalue weighted by Crippen LogP contribution is -2.43. The van der Waals surface area contributed by atoms with Crippen LogP contribution in [0, 0.1) is 5.92 Å².